The number of amides is 2. The number of esters is 1. The Morgan fingerprint density at radius 1 is 0.979 bits per heavy atom. The molecule has 2 aromatic rings. The number of allylic oxidation sites excluding steroid dienone is 3. The van der Waals surface area contributed by atoms with Crippen LogP contribution in [0.2, 0.25) is 0 Å². The van der Waals surface area contributed by atoms with Crippen molar-refractivity contribution in [1.29, 1.82) is 0 Å². The van der Waals surface area contributed by atoms with Gasteiger partial charge in [0.2, 0.25) is 0 Å². The number of nitrogens with zero attached hydrogens (tertiary/aromatic N) is 5. The van der Waals surface area contributed by atoms with E-state index in [2.05, 4.69) is 54.0 Å². The third kappa shape index (κ3) is 4.73. The monoisotopic (exact) mass is 633 g/mol. The third-order valence-corrected chi connectivity index (χ3v) is 10.4. The van der Waals surface area contributed by atoms with E-state index in [1.807, 2.05) is 19.1 Å². The van der Waals surface area contributed by atoms with Gasteiger partial charge in [0.05, 0.1) is 59.1 Å². The van der Waals surface area contributed by atoms with Crippen LogP contribution >= 0.6 is 0 Å². The van der Waals surface area contributed by atoms with E-state index in [1.54, 1.807) is 0 Å². The highest BCUT2D eigenvalue weighted by Crippen LogP contribution is 2.45. The van der Waals surface area contributed by atoms with Crippen LogP contribution in [0.1, 0.15) is 126 Å². The standard InChI is InChI=1S/C36H39N7O4/c1-8-20-16(2)23-15-28-30(22-11-12-37-42-22)18(4)25(39-28)13-24-17(3)21(9-10-29(44)47-7)33(40-24)32-34-31(35(45)43(6)36(32)46)19(5)26(41-34)14-27(20)38-23/h13-15,17,21-22,40-41H,8-12H2,1-7H3/t17-,21-,22?/m0/s1. The van der Waals surface area contributed by atoms with Crippen LogP contribution in [0.25, 0.3) is 33.3 Å². The molecule has 3 atom stereocenters. The fourth-order valence-corrected chi connectivity index (χ4v) is 7.63. The second-order valence-electron chi connectivity index (χ2n) is 12.9. The first-order valence-electron chi connectivity index (χ1n) is 16.3. The zero-order valence-corrected chi connectivity index (χ0v) is 27.9. The Bertz CT molecular complexity index is 2060. The van der Waals surface area contributed by atoms with E-state index in [4.69, 9.17) is 14.7 Å². The van der Waals surface area contributed by atoms with E-state index in [1.165, 1.54) is 19.1 Å². The van der Waals surface area contributed by atoms with Crippen molar-refractivity contribution in [3.8, 4) is 0 Å². The van der Waals surface area contributed by atoms with Gasteiger partial charge in [-0.05, 0) is 80.5 Å². The number of aromatic amines is 2. The molecular weight excluding hydrogens is 594 g/mol. The Labute approximate surface area is 273 Å². The maximum atomic E-state index is 14.1. The molecule has 0 spiro atoms. The zero-order valence-electron chi connectivity index (χ0n) is 27.9. The van der Waals surface area contributed by atoms with Gasteiger partial charge in [-0.2, -0.15) is 10.2 Å². The molecule has 0 saturated heterocycles. The highest BCUT2D eigenvalue weighted by molar-refractivity contribution is 6.23. The summed E-state index contributed by atoms with van der Waals surface area (Å²) in [6, 6.07) is 6.01. The molecule has 11 heteroatoms. The normalized spacial score (nSPS) is 21.3. The zero-order chi connectivity index (χ0) is 33.3. The Kier molecular flexibility index (Phi) is 7.45. The summed E-state index contributed by atoms with van der Waals surface area (Å²) in [7, 11) is 2.90. The first-order valence-corrected chi connectivity index (χ1v) is 16.3. The Balaban J connectivity index is 1.62. The van der Waals surface area contributed by atoms with Crippen LogP contribution in [0.3, 0.4) is 0 Å². The lowest BCUT2D eigenvalue weighted by Gasteiger charge is -2.24. The smallest absolute Gasteiger partial charge is 0.305 e. The SMILES string of the molecule is CCC1=C(C)c2cc3nc(cc4[nH]c(c5c6[nH]c(cc1n2)c(C)c6C(=O)N(C)C5=O)[C@@H](CCC(=O)OC)[C@@H]4C)C(C)=C3C1CCN=N1. The van der Waals surface area contributed by atoms with Crippen LogP contribution in [-0.4, -0.2) is 69.4 Å². The van der Waals surface area contributed by atoms with E-state index in [9.17, 15) is 14.4 Å². The van der Waals surface area contributed by atoms with E-state index in [-0.39, 0.29) is 36.2 Å². The predicted octanol–water partition coefficient (Wildman–Crippen LogP) is 6.91. The molecule has 2 amide bonds. The summed E-state index contributed by atoms with van der Waals surface area (Å²) < 4.78 is 4.98. The minimum absolute atomic E-state index is 0.0830. The number of rotatable bonds is 5. The molecule has 5 aliphatic heterocycles. The van der Waals surface area contributed by atoms with Crippen LogP contribution in [0, 0.1) is 6.92 Å². The van der Waals surface area contributed by atoms with Crippen LogP contribution in [0.5, 0.6) is 0 Å². The molecule has 7 rings (SSSR count). The van der Waals surface area contributed by atoms with Crippen molar-refractivity contribution in [3.05, 3.63) is 69.1 Å². The number of nitrogens with one attached hydrogen (secondary N) is 2. The molecule has 242 valence electrons. The fraction of sp³-hybridized carbons (Fsp3) is 0.417. The van der Waals surface area contributed by atoms with Crippen LogP contribution in [-0.2, 0) is 9.53 Å². The van der Waals surface area contributed by atoms with Crippen LogP contribution in [0.15, 0.2) is 28.4 Å². The largest absolute Gasteiger partial charge is 0.469 e. The quantitative estimate of drug-likeness (QED) is 0.270. The Morgan fingerprint density at radius 2 is 1.70 bits per heavy atom. The lowest BCUT2D eigenvalue weighted by atomic mass is 9.84. The second-order valence-corrected chi connectivity index (χ2v) is 12.9. The van der Waals surface area contributed by atoms with Gasteiger partial charge in [-0.15, -0.1) is 0 Å². The molecule has 47 heavy (non-hydrogen) atoms. The van der Waals surface area contributed by atoms with Crippen LogP contribution in [0.4, 0.5) is 0 Å². The lowest BCUT2D eigenvalue weighted by Crippen LogP contribution is -2.37. The van der Waals surface area contributed by atoms with Crippen LogP contribution < -0.4 is 0 Å². The summed E-state index contributed by atoms with van der Waals surface area (Å²) in [4.78, 5) is 58.5. The molecular formula is C36H39N7O4. The van der Waals surface area contributed by atoms with Crippen molar-refractivity contribution in [2.45, 2.75) is 78.2 Å². The maximum Gasteiger partial charge on any atom is 0.305 e. The van der Waals surface area contributed by atoms with Gasteiger partial charge in [-0.25, -0.2) is 9.97 Å². The van der Waals surface area contributed by atoms with E-state index in [0.717, 1.165) is 74.7 Å². The number of methoxy groups -OCH3 is 1. The maximum absolute atomic E-state index is 14.1. The van der Waals surface area contributed by atoms with E-state index in [0.29, 0.717) is 35.3 Å². The number of aryl methyl sites for hydroxylation is 1. The average Bonchev–Trinajstić information content (AvgIpc) is 3.86. The van der Waals surface area contributed by atoms with Crippen molar-refractivity contribution in [3.63, 3.8) is 0 Å². The van der Waals surface area contributed by atoms with Crippen molar-refractivity contribution in [2.75, 3.05) is 20.7 Å². The van der Waals surface area contributed by atoms with Gasteiger partial charge in [0.1, 0.15) is 0 Å². The summed E-state index contributed by atoms with van der Waals surface area (Å²) >= 11 is 0. The summed E-state index contributed by atoms with van der Waals surface area (Å²) in [5, 5.41) is 8.87. The second kappa shape index (κ2) is 11.4. The van der Waals surface area contributed by atoms with Crippen molar-refractivity contribution >= 4 is 51.1 Å². The van der Waals surface area contributed by atoms with Crippen molar-refractivity contribution in [2.24, 2.45) is 10.2 Å². The summed E-state index contributed by atoms with van der Waals surface area (Å²) in [5.41, 5.74) is 11.9. The predicted molar refractivity (Wildman–Crippen MR) is 179 cm³/mol. The number of hydrogen-bond donors (Lipinski definition) is 2. The molecule has 2 N–H and O–H groups in total. The molecule has 8 bridgehead atoms. The molecule has 0 radical (unpaired) electrons. The van der Waals surface area contributed by atoms with Gasteiger partial charge in [0.25, 0.3) is 11.8 Å². The van der Waals surface area contributed by atoms with Gasteiger partial charge in [-0.1, -0.05) is 13.8 Å². The number of aromatic nitrogens is 4. The van der Waals surface area contributed by atoms with E-state index < -0.39 is 5.91 Å². The van der Waals surface area contributed by atoms with Gasteiger partial charge in [-0.3, -0.25) is 19.3 Å². The van der Waals surface area contributed by atoms with Gasteiger partial charge >= 0.3 is 5.97 Å². The molecule has 1 unspecified atom stereocenters. The fourth-order valence-electron chi connectivity index (χ4n) is 7.63. The first-order chi connectivity index (χ1) is 22.5. The molecule has 2 aromatic heterocycles. The molecule has 0 aliphatic carbocycles. The summed E-state index contributed by atoms with van der Waals surface area (Å²) in [5.74, 6) is -1.39. The summed E-state index contributed by atoms with van der Waals surface area (Å²) in [6.07, 6.45) is 2.23. The number of ether oxygens (including phenoxy) is 1. The third-order valence-electron chi connectivity index (χ3n) is 10.4. The average molecular weight is 634 g/mol. The van der Waals surface area contributed by atoms with E-state index >= 15 is 0 Å². The lowest BCUT2D eigenvalue weighted by molar-refractivity contribution is -0.140. The number of imide groups is 1. The number of carbonyl (C=O) groups is 3. The molecule has 0 fully saturated rings. The minimum atomic E-state index is -0.400. The summed E-state index contributed by atoms with van der Waals surface area (Å²) in [6.45, 7) is 10.9. The highest BCUT2D eigenvalue weighted by atomic mass is 16.5. The minimum Gasteiger partial charge on any atom is -0.469 e. The first kappa shape index (κ1) is 30.7. The van der Waals surface area contributed by atoms with Gasteiger partial charge in [0, 0.05) is 47.8 Å². The van der Waals surface area contributed by atoms with Gasteiger partial charge in [0.15, 0.2) is 0 Å². The van der Waals surface area contributed by atoms with Crippen molar-refractivity contribution < 1.29 is 19.1 Å². The number of H-pyrrole nitrogens is 2. The Morgan fingerprint density at radius 3 is 2.40 bits per heavy atom. The number of carbonyl (C=O) groups excluding carboxylic acids is 3. The molecule has 0 aromatic carbocycles. The molecule has 0 saturated carbocycles. The van der Waals surface area contributed by atoms with Crippen molar-refractivity contribution in [1.82, 2.24) is 24.8 Å². The molecule has 7 heterocycles. The van der Waals surface area contributed by atoms with Gasteiger partial charge < -0.3 is 14.7 Å². The molecule has 5 aliphatic rings. The highest BCUT2D eigenvalue weighted by Gasteiger charge is 2.39. The number of azo groups is 1. The molecule has 11 nitrogen and oxygen atoms in total. The number of fused-ring (bicyclic) bond motifs is 8. The Hall–Kier alpha value is -4.93. The topological polar surface area (TPSA) is 146 Å². The number of hydrogen-bond acceptors (Lipinski definition) is 8.